The molecule has 1 amide bonds. The molecule has 10 heteroatoms. The number of hydrogen-bond acceptors (Lipinski definition) is 6. The monoisotopic (exact) mass is 417 g/mol. The highest BCUT2D eigenvalue weighted by Crippen LogP contribution is 2.15. The van der Waals surface area contributed by atoms with Gasteiger partial charge in [0.15, 0.2) is 5.65 Å². The highest BCUT2D eigenvalue weighted by molar-refractivity contribution is 7.89. The Kier molecular flexibility index (Phi) is 6.78. The van der Waals surface area contributed by atoms with Crippen molar-refractivity contribution in [3.63, 3.8) is 0 Å². The van der Waals surface area contributed by atoms with E-state index < -0.39 is 10.0 Å². The van der Waals surface area contributed by atoms with Crippen molar-refractivity contribution in [3.05, 3.63) is 54.5 Å². The number of hydrogen-bond donors (Lipinski definition) is 2. The third-order valence-electron chi connectivity index (χ3n) is 4.14. The number of carbonyl (C=O) groups is 1. The molecular formula is C19H23N5O4S. The Hall–Kier alpha value is -2.98. The minimum Gasteiger partial charge on any atom is -0.494 e. The average molecular weight is 417 g/mol. The first-order chi connectivity index (χ1) is 14.0. The summed E-state index contributed by atoms with van der Waals surface area (Å²) in [5.74, 6) is 1.11. The first-order valence-corrected chi connectivity index (χ1v) is 10.8. The van der Waals surface area contributed by atoms with E-state index in [1.165, 1.54) is 12.1 Å². The molecule has 29 heavy (non-hydrogen) atoms. The fraction of sp³-hybridized carbons (Fsp3) is 0.316. The lowest BCUT2D eigenvalue weighted by Crippen LogP contribution is -2.31. The van der Waals surface area contributed by atoms with Gasteiger partial charge >= 0.3 is 0 Å². The topological polar surface area (TPSA) is 115 Å². The molecule has 3 aromatic rings. The Balaban J connectivity index is 1.42. The smallest absolute Gasteiger partial charge is 0.240 e. The van der Waals surface area contributed by atoms with Crippen molar-refractivity contribution in [1.82, 2.24) is 24.6 Å². The third-order valence-corrected chi connectivity index (χ3v) is 5.62. The van der Waals surface area contributed by atoms with Crippen LogP contribution in [0.15, 0.2) is 53.6 Å². The lowest BCUT2D eigenvalue weighted by atomic mass is 10.3. The summed E-state index contributed by atoms with van der Waals surface area (Å²) in [6, 6.07) is 11.7. The maximum atomic E-state index is 12.3. The largest absolute Gasteiger partial charge is 0.494 e. The second-order valence-electron chi connectivity index (χ2n) is 6.20. The van der Waals surface area contributed by atoms with Crippen molar-refractivity contribution >= 4 is 21.6 Å². The summed E-state index contributed by atoms with van der Waals surface area (Å²) < 4.78 is 34.1. The molecule has 0 aliphatic heterocycles. The van der Waals surface area contributed by atoms with E-state index >= 15 is 0 Å². The molecule has 1 aromatic carbocycles. The van der Waals surface area contributed by atoms with Crippen LogP contribution in [0.2, 0.25) is 0 Å². The molecule has 0 saturated heterocycles. The van der Waals surface area contributed by atoms with E-state index in [9.17, 15) is 13.2 Å². The Morgan fingerprint density at radius 3 is 2.66 bits per heavy atom. The minimum atomic E-state index is -3.68. The van der Waals surface area contributed by atoms with E-state index in [0.29, 0.717) is 25.3 Å². The molecule has 154 valence electrons. The van der Waals surface area contributed by atoms with Crippen LogP contribution in [0.25, 0.3) is 5.65 Å². The van der Waals surface area contributed by atoms with E-state index in [-0.39, 0.29) is 23.8 Å². The quantitative estimate of drug-likeness (QED) is 0.512. The van der Waals surface area contributed by atoms with Gasteiger partial charge in [0.05, 0.1) is 11.5 Å². The molecule has 3 rings (SSSR count). The lowest BCUT2D eigenvalue weighted by Gasteiger charge is -2.08. The van der Waals surface area contributed by atoms with Gasteiger partial charge in [0.2, 0.25) is 15.9 Å². The Bertz CT molecular complexity index is 1060. The molecule has 9 nitrogen and oxygen atoms in total. The number of benzene rings is 1. The summed E-state index contributed by atoms with van der Waals surface area (Å²) in [7, 11) is -3.68. The van der Waals surface area contributed by atoms with E-state index in [2.05, 4.69) is 20.2 Å². The number of ether oxygens (including phenoxy) is 1. The van der Waals surface area contributed by atoms with Crippen molar-refractivity contribution in [2.45, 2.75) is 24.7 Å². The Morgan fingerprint density at radius 1 is 1.10 bits per heavy atom. The molecule has 0 radical (unpaired) electrons. The van der Waals surface area contributed by atoms with E-state index in [1.807, 2.05) is 35.7 Å². The van der Waals surface area contributed by atoms with Crippen LogP contribution in [0.3, 0.4) is 0 Å². The maximum Gasteiger partial charge on any atom is 0.240 e. The van der Waals surface area contributed by atoms with Crippen LogP contribution in [0, 0.1) is 0 Å². The van der Waals surface area contributed by atoms with Crippen molar-refractivity contribution in [2.75, 3.05) is 19.7 Å². The van der Waals surface area contributed by atoms with E-state index in [4.69, 9.17) is 4.74 Å². The molecule has 0 fully saturated rings. The molecular weight excluding hydrogens is 394 g/mol. The van der Waals surface area contributed by atoms with Gasteiger partial charge in [-0.05, 0) is 43.3 Å². The Morgan fingerprint density at radius 2 is 1.90 bits per heavy atom. The summed E-state index contributed by atoms with van der Waals surface area (Å²) in [5, 5.41) is 10.9. The number of nitrogens with zero attached hydrogens (tertiary/aromatic N) is 3. The molecule has 0 unspecified atom stereocenters. The summed E-state index contributed by atoms with van der Waals surface area (Å²) in [6.45, 7) is 2.76. The molecule has 0 spiro atoms. The lowest BCUT2D eigenvalue weighted by molar-refractivity contribution is -0.120. The fourth-order valence-electron chi connectivity index (χ4n) is 2.73. The third kappa shape index (κ3) is 5.52. The van der Waals surface area contributed by atoms with Crippen LogP contribution in [0.1, 0.15) is 19.2 Å². The molecule has 2 heterocycles. The summed E-state index contributed by atoms with van der Waals surface area (Å²) in [6.07, 6.45) is 2.42. The van der Waals surface area contributed by atoms with Crippen molar-refractivity contribution in [3.8, 4) is 5.75 Å². The van der Waals surface area contributed by atoms with Crippen LogP contribution < -0.4 is 14.8 Å². The van der Waals surface area contributed by atoms with Crippen LogP contribution in [0.4, 0.5) is 0 Å². The maximum absolute atomic E-state index is 12.3. The highest BCUT2D eigenvalue weighted by Gasteiger charge is 2.14. The minimum absolute atomic E-state index is 0.00917. The molecule has 0 aliphatic rings. The zero-order valence-electron chi connectivity index (χ0n) is 16.0. The van der Waals surface area contributed by atoms with Crippen LogP contribution in [-0.2, 0) is 21.2 Å². The number of pyridine rings is 1. The van der Waals surface area contributed by atoms with Gasteiger partial charge in [0.1, 0.15) is 11.6 Å². The predicted molar refractivity (Wildman–Crippen MR) is 107 cm³/mol. The molecule has 0 saturated carbocycles. The van der Waals surface area contributed by atoms with Crippen molar-refractivity contribution in [2.24, 2.45) is 0 Å². The van der Waals surface area contributed by atoms with Gasteiger partial charge in [-0.25, -0.2) is 13.1 Å². The number of sulfonamides is 1. The molecule has 0 bridgehead atoms. The number of carbonyl (C=O) groups excluding carboxylic acids is 1. The first-order valence-electron chi connectivity index (χ1n) is 9.27. The van der Waals surface area contributed by atoms with E-state index in [0.717, 1.165) is 11.5 Å². The molecule has 0 atom stereocenters. The number of amides is 1. The first kappa shape index (κ1) is 20.7. The van der Waals surface area contributed by atoms with Gasteiger partial charge in [-0.3, -0.25) is 9.20 Å². The van der Waals surface area contributed by atoms with Crippen LogP contribution >= 0.6 is 0 Å². The average Bonchev–Trinajstić information content (AvgIpc) is 3.12. The zero-order chi connectivity index (χ0) is 20.7. The van der Waals surface area contributed by atoms with Crippen LogP contribution in [-0.4, -0.2) is 48.6 Å². The van der Waals surface area contributed by atoms with Crippen molar-refractivity contribution in [1.29, 1.82) is 0 Å². The number of fused-ring (bicyclic) bond motifs is 1. The van der Waals surface area contributed by atoms with Crippen LogP contribution in [0.5, 0.6) is 5.75 Å². The number of aromatic nitrogens is 3. The van der Waals surface area contributed by atoms with Gasteiger partial charge in [0.25, 0.3) is 0 Å². The molecule has 2 aromatic heterocycles. The second kappa shape index (κ2) is 9.48. The fourth-order valence-corrected chi connectivity index (χ4v) is 3.76. The zero-order valence-corrected chi connectivity index (χ0v) is 16.9. The second-order valence-corrected chi connectivity index (χ2v) is 7.96. The van der Waals surface area contributed by atoms with Gasteiger partial charge < -0.3 is 10.1 Å². The molecule has 0 aliphatic carbocycles. The van der Waals surface area contributed by atoms with Gasteiger partial charge in [-0.1, -0.05) is 6.07 Å². The van der Waals surface area contributed by atoms with Gasteiger partial charge in [-0.15, -0.1) is 10.2 Å². The van der Waals surface area contributed by atoms with Crippen molar-refractivity contribution < 1.29 is 17.9 Å². The predicted octanol–water partition coefficient (Wildman–Crippen LogP) is 1.16. The molecule has 2 N–H and O–H groups in total. The highest BCUT2D eigenvalue weighted by atomic mass is 32.2. The standard InChI is InChI=1S/C19H23N5O4S/c1-2-28-15-6-8-16(9-7-15)29(26,27)21-13-11-19(25)20-12-10-18-23-22-17-5-3-4-14-24(17)18/h3-9,14,21H,2,10-13H2,1H3,(H,20,25). The summed E-state index contributed by atoms with van der Waals surface area (Å²) >= 11 is 0. The number of nitrogens with one attached hydrogen (secondary N) is 2. The summed E-state index contributed by atoms with van der Waals surface area (Å²) in [4.78, 5) is 12.1. The SMILES string of the molecule is CCOc1ccc(S(=O)(=O)NCCC(=O)NCCc2nnc3ccccn23)cc1. The van der Waals surface area contributed by atoms with Gasteiger partial charge in [-0.2, -0.15) is 0 Å². The Labute approximate surface area is 169 Å². The van der Waals surface area contributed by atoms with Gasteiger partial charge in [0, 0.05) is 32.1 Å². The number of rotatable bonds is 10. The normalized spacial score (nSPS) is 11.5. The summed E-state index contributed by atoms with van der Waals surface area (Å²) in [5.41, 5.74) is 0.748. The van der Waals surface area contributed by atoms with E-state index in [1.54, 1.807) is 12.1 Å².